The van der Waals surface area contributed by atoms with E-state index in [0.717, 1.165) is 0 Å². The molecule has 0 unspecified atom stereocenters. The van der Waals surface area contributed by atoms with Crippen LogP contribution in [0, 0.1) is 0 Å². The fourth-order valence-electron chi connectivity index (χ4n) is 1.33. The number of rotatable bonds is 2. The van der Waals surface area contributed by atoms with Crippen LogP contribution in [0.1, 0.15) is 15.9 Å². The number of halogens is 7. The Balaban J connectivity index is 3.40. The molecule has 2 nitrogen and oxygen atoms in total. The highest BCUT2D eigenvalue weighted by atomic mass is 19.4. The molecule has 9 heteroatoms. The summed E-state index contributed by atoms with van der Waals surface area (Å²) in [4.78, 5) is 10.4. The molecule has 19 heavy (non-hydrogen) atoms. The predicted octanol–water partition coefficient (Wildman–Crippen LogP) is 3.67. The van der Waals surface area contributed by atoms with Crippen LogP contribution in [-0.4, -0.2) is 23.4 Å². The van der Waals surface area contributed by atoms with Crippen molar-refractivity contribution in [3.63, 3.8) is 0 Å². The van der Waals surface area contributed by atoms with Crippen molar-refractivity contribution in [1.29, 1.82) is 0 Å². The van der Waals surface area contributed by atoms with Crippen molar-refractivity contribution < 1.29 is 40.6 Å². The lowest BCUT2D eigenvalue weighted by molar-refractivity contribution is -0.348. The molecule has 0 heterocycles. The highest BCUT2D eigenvalue weighted by Gasteiger charge is 2.73. The van der Waals surface area contributed by atoms with Crippen molar-refractivity contribution in [2.24, 2.45) is 0 Å². The van der Waals surface area contributed by atoms with E-state index in [1.54, 1.807) is 0 Å². The maximum absolute atomic E-state index is 13.5. The maximum Gasteiger partial charge on any atom is 0.435 e. The van der Waals surface area contributed by atoms with E-state index >= 15 is 0 Å². The summed E-state index contributed by atoms with van der Waals surface area (Å²) >= 11 is 0. The van der Waals surface area contributed by atoms with Crippen molar-refractivity contribution in [2.75, 3.05) is 0 Å². The van der Waals surface area contributed by atoms with Gasteiger partial charge in [-0.25, -0.2) is 9.18 Å². The van der Waals surface area contributed by atoms with Gasteiger partial charge in [0.2, 0.25) is 0 Å². The summed E-state index contributed by atoms with van der Waals surface area (Å²) in [5.41, 5.74) is -7.83. The van der Waals surface area contributed by atoms with E-state index < -0.39 is 35.1 Å². The van der Waals surface area contributed by atoms with E-state index in [1.807, 2.05) is 0 Å². The van der Waals surface area contributed by atoms with Gasteiger partial charge in [0.25, 0.3) is 0 Å². The van der Waals surface area contributed by atoms with Crippen LogP contribution in [-0.2, 0) is 5.67 Å². The van der Waals surface area contributed by atoms with Gasteiger partial charge in [-0.2, -0.15) is 26.3 Å². The molecular formula is C10H5F7O2. The smallest absolute Gasteiger partial charge is 0.435 e. The number of carboxylic acids is 1. The molecule has 1 aromatic rings. The van der Waals surface area contributed by atoms with Gasteiger partial charge in [-0.3, -0.25) is 0 Å². The number of carboxylic acid groups (broad SMARTS) is 1. The Labute approximate surface area is 101 Å². The molecule has 0 radical (unpaired) electrons. The molecule has 106 valence electrons. The van der Waals surface area contributed by atoms with Crippen LogP contribution in [0.4, 0.5) is 30.7 Å². The molecule has 0 aliphatic carbocycles. The van der Waals surface area contributed by atoms with E-state index in [-0.39, 0.29) is 12.1 Å². The van der Waals surface area contributed by atoms with E-state index in [0.29, 0.717) is 12.1 Å². The lowest BCUT2D eigenvalue weighted by Crippen LogP contribution is -2.50. The average Bonchev–Trinajstić information content (AvgIpc) is 2.25. The van der Waals surface area contributed by atoms with Gasteiger partial charge in [0.05, 0.1) is 5.56 Å². The average molecular weight is 290 g/mol. The number of alkyl halides is 7. The second-order valence-corrected chi connectivity index (χ2v) is 3.54. The second kappa shape index (κ2) is 4.39. The van der Waals surface area contributed by atoms with Crippen LogP contribution < -0.4 is 0 Å². The quantitative estimate of drug-likeness (QED) is 0.844. The second-order valence-electron chi connectivity index (χ2n) is 3.54. The van der Waals surface area contributed by atoms with Crippen molar-refractivity contribution in [3.05, 3.63) is 35.4 Å². The standard InChI is InChI=1S/C10H5F7O2/c11-8(9(12,13)14,10(15,16)17)6-3-1-5(2-4-6)7(18)19/h1-4H,(H,18,19). The fourth-order valence-corrected chi connectivity index (χ4v) is 1.33. The van der Waals surface area contributed by atoms with Gasteiger partial charge in [0.15, 0.2) is 0 Å². The molecule has 0 spiro atoms. The fraction of sp³-hybridized carbons (Fsp3) is 0.300. The summed E-state index contributed by atoms with van der Waals surface area (Å²) in [6, 6.07) is 1.21. The first-order chi connectivity index (χ1) is 8.41. The van der Waals surface area contributed by atoms with Crippen molar-refractivity contribution >= 4 is 5.97 Å². The third-order valence-electron chi connectivity index (χ3n) is 2.31. The zero-order chi connectivity index (χ0) is 15.1. The summed E-state index contributed by atoms with van der Waals surface area (Å²) < 4.78 is 87.5. The molecule has 0 atom stereocenters. The highest BCUT2D eigenvalue weighted by molar-refractivity contribution is 5.87. The molecule has 0 bridgehead atoms. The lowest BCUT2D eigenvalue weighted by Gasteiger charge is -2.30. The summed E-state index contributed by atoms with van der Waals surface area (Å²) in [6.07, 6.45) is -12.4. The molecule has 0 aliphatic heterocycles. The minimum Gasteiger partial charge on any atom is -0.478 e. The number of carbonyl (C=O) groups is 1. The van der Waals surface area contributed by atoms with Gasteiger partial charge < -0.3 is 5.11 Å². The first-order valence-corrected chi connectivity index (χ1v) is 4.57. The Hall–Kier alpha value is -1.80. The van der Waals surface area contributed by atoms with Crippen LogP contribution in [0.15, 0.2) is 24.3 Å². The van der Waals surface area contributed by atoms with Gasteiger partial charge in [-0.05, 0) is 12.1 Å². The Morgan fingerprint density at radius 3 is 1.47 bits per heavy atom. The summed E-state index contributed by atoms with van der Waals surface area (Å²) in [7, 11) is 0. The summed E-state index contributed by atoms with van der Waals surface area (Å²) in [5.74, 6) is -1.56. The Bertz CT molecular complexity index is 458. The first-order valence-electron chi connectivity index (χ1n) is 4.57. The summed E-state index contributed by atoms with van der Waals surface area (Å²) in [5, 5.41) is 8.46. The predicted molar refractivity (Wildman–Crippen MR) is 48.3 cm³/mol. The monoisotopic (exact) mass is 290 g/mol. The van der Waals surface area contributed by atoms with Crippen LogP contribution in [0.3, 0.4) is 0 Å². The van der Waals surface area contributed by atoms with Crippen molar-refractivity contribution in [2.45, 2.75) is 18.0 Å². The number of hydrogen-bond donors (Lipinski definition) is 1. The molecule has 0 fully saturated rings. The molecule has 1 aromatic carbocycles. The minimum atomic E-state index is -6.21. The van der Waals surface area contributed by atoms with Crippen LogP contribution >= 0.6 is 0 Å². The Morgan fingerprint density at radius 2 is 1.21 bits per heavy atom. The van der Waals surface area contributed by atoms with Crippen LogP contribution in [0.5, 0.6) is 0 Å². The van der Waals surface area contributed by atoms with Gasteiger partial charge in [-0.1, -0.05) is 12.1 Å². The zero-order valence-corrected chi connectivity index (χ0v) is 8.81. The van der Waals surface area contributed by atoms with Crippen LogP contribution in [0.2, 0.25) is 0 Å². The first kappa shape index (κ1) is 15.3. The third-order valence-corrected chi connectivity index (χ3v) is 2.31. The van der Waals surface area contributed by atoms with E-state index in [1.165, 1.54) is 0 Å². The molecule has 0 saturated heterocycles. The molecule has 0 saturated carbocycles. The molecule has 1 N–H and O–H groups in total. The highest BCUT2D eigenvalue weighted by Crippen LogP contribution is 2.53. The Kier molecular flexibility index (Phi) is 3.53. The topological polar surface area (TPSA) is 37.3 Å². The van der Waals surface area contributed by atoms with Crippen LogP contribution in [0.25, 0.3) is 0 Å². The largest absolute Gasteiger partial charge is 0.478 e. The molecule has 0 aliphatic rings. The van der Waals surface area contributed by atoms with Gasteiger partial charge in [0, 0.05) is 5.56 Å². The van der Waals surface area contributed by atoms with E-state index in [9.17, 15) is 35.5 Å². The normalized spacial score (nSPS) is 13.4. The van der Waals surface area contributed by atoms with E-state index in [2.05, 4.69) is 0 Å². The van der Waals surface area contributed by atoms with Gasteiger partial charge in [-0.15, -0.1) is 0 Å². The van der Waals surface area contributed by atoms with E-state index in [4.69, 9.17) is 5.11 Å². The molecule has 0 amide bonds. The maximum atomic E-state index is 13.5. The van der Waals surface area contributed by atoms with Gasteiger partial charge in [0.1, 0.15) is 0 Å². The number of aromatic carboxylic acids is 1. The molecular weight excluding hydrogens is 285 g/mol. The van der Waals surface area contributed by atoms with Crippen molar-refractivity contribution in [3.8, 4) is 0 Å². The zero-order valence-electron chi connectivity index (χ0n) is 8.81. The number of benzene rings is 1. The molecule has 0 aromatic heterocycles. The minimum absolute atomic E-state index is 0.143. The lowest BCUT2D eigenvalue weighted by atomic mass is 9.93. The van der Waals surface area contributed by atoms with Gasteiger partial charge >= 0.3 is 24.0 Å². The number of hydrogen-bond acceptors (Lipinski definition) is 1. The molecule has 1 rings (SSSR count). The Morgan fingerprint density at radius 1 is 0.842 bits per heavy atom. The van der Waals surface area contributed by atoms with Crippen molar-refractivity contribution in [1.82, 2.24) is 0 Å². The SMILES string of the molecule is O=C(O)c1ccc(C(F)(C(F)(F)F)C(F)(F)F)cc1. The third kappa shape index (κ3) is 2.49. The summed E-state index contributed by atoms with van der Waals surface area (Å²) in [6.45, 7) is 0.